The van der Waals surface area contributed by atoms with Crippen LogP contribution in [-0.4, -0.2) is 56.5 Å². The molecule has 0 unspecified atom stereocenters. The number of aryl methyl sites for hydroxylation is 2. The summed E-state index contributed by atoms with van der Waals surface area (Å²) in [5, 5.41) is 8.63. The highest BCUT2D eigenvalue weighted by Gasteiger charge is 2.62. The standard InChI is InChI=1S/C24H29N5O2/c1-27-12-16(10-26-27)13-29-14-19-18(22-7-8-24(19,15-29)31-22)11-25-23(30)21-9-17-5-3-4-6-20(17)28(21)2/h3-6,9-10,12,18-19,22H,7-8,11,13-15H2,1-2H3,(H,25,30)/t18-,19+,22+,24+/m0/s1. The molecule has 1 amide bonds. The van der Waals surface area contributed by atoms with Gasteiger partial charge in [0.15, 0.2) is 0 Å². The molecule has 31 heavy (non-hydrogen) atoms. The van der Waals surface area contributed by atoms with Gasteiger partial charge in [0.25, 0.3) is 5.91 Å². The van der Waals surface area contributed by atoms with E-state index in [0.717, 1.165) is 43.4 Å². The van der Waals surface area contributed by atoms with E-state index in [0.29, 0.717) is 24.1 Å². The summed E-state index contributed by atoms with van der Waals surface area (Å²) in [7, 11) is 3.92. The molecule has 3 aliphatic heterocycles. The highest BCUT2D eigenvalue weighted by molar-refractivity contribution is 5.98. The number of benzene rings is 1. The molecule has 3 aliphatic rings. The van der Waals surface area contributed by atoms with Gasteiger partial charge in [-0.3, -0.25) is 14.4 Å². The highest BCUT2D eigenvalue weighted by atomic mass is 16.5. The Morgan fingerprint density at radius 1 is 1.32 bits per heavy atom. The highest BCUT2D eigenvalue weighted by Crippen LogP contribution is 2.54. The van der Waals surface area contributed by atoms with E-state index in [4.69, 9.17) is 4.74 Å². The van der Waals surface area contributed by atoms with Crippen LogP contribution in [0.25, 0.3) is 10.9 Å². The number of ether oxygens (including phenoxy) is 1. The summed E-state index contributed by atoms with van der Waals surface area (Å²) >= 11 is 0. The molecule has 1 N–H and O–H groups in total. The van der Waals surface area contributed by atoms with E-state index in [1.807, 2.05) is 47.7 Å². The molecule has 3 saturated heterocycles. The number of carbonyl (C=O) groups is 1. The summed E-state index contributed by atoms with van der Waals surface area (Å²) in [6.07, 6.45) is 6.56. The van der Waals surface area contributed by atoms with Crippen molar-refractivity contribution in [2.45, 2.75) is 31.1 Å². The fraction of sp³-hybridized carbons (Fsp3) is 0.500. The molecule has 1 aromatic carbocycles. The average molecular weight is 420 g/mol. The van der Waals surface area contributed by atoms with E-state index in [1.165, 1.54) is 5.56 Å². The van der Waals surface area contributed by atoms with E-state index < -0.39 is 0 Å². The molecule has 0 aliphatic carbocycles. The Kier molecular flexibility index (Phi) is 4.27. The van der Waals surface area contributed by atoms with Gasteiger partial charge >= 0.3 is 0 Å². The number of amides is 1. The van der Waals surface area contributed by atoms with Crippen molar-refractivity contribution in [2.24, 2.45) is 25.9 Å². The second-order valence-electron chi connectivity index (χ2n) is 9.58. The minimum Gasteiger partial charge on any atom is -0.370 e. The van der Waals surface area contributed by atoms with Crippen molar-refractivity contribution in [3.63, 3.8) is 0 Å². The zero-order valence-corrected chi connectivity index (χ0v) is 18.1. The number of nitrogens with one attached hydrogen (secondary N) is 1. The smallest absolute Gasteiger partial charge is 0.267 e. The van der Waals surface area contributed by atoms with Crippen LogP contribution in [-0.2, 0) is 25.4 Å². The molecule has 0 radical (unpaired) electrons. The van der Waals surface area contributed by atoms with E-state index >= 15 is 0 Å². The van der Waals surface area contributed by atoms with Crippen molar-refractivity contribution in [3.8, 4) is 0 Å². The summed E-state index contributed by atoms with van der Waals surface area (Å²) in [5.74, 6) is 0.864. The van der Waals surface area contributed by atoms with Gasteiger partial charge in [-0.15, -0.1) is 0 Å². The zero-order valence-electron chi connectivity index (χ0n) is 18.1. The third-order valence-corrected chi connectivity index (χ3v) is 7.70. The summed E-state index contributed by atoms with van der Waals surface area (Å²) in [6.45, 7) is 3.60. The van der Waals surface area contributed by atoms with Crippen LogP contribution in [0.4, 0.5) is 0 Å². The van der Waals surface area contributed by atoms with Crippen LogP contribution in [0.5, 0.6) is 0 Å². The third-order valence-electron chi connectivity index (χ3n) is 7.70. The van der Waals surface area contributed by atoms with E-state index in [9.17, 15) is 4.79 Å². The fourth-order valence-electron chi connectivity index (χ4n) is 6.30. The number of likely N-dealkylation sites (tertiary alicyclic amines) is 1. The zero-order chi connectivity index (χ0) is 21.2. The Bertz CT molecular complexity index is 1150. The van der Waals surface area contributed by atoms with Crippen molar-refractivity contribution in [1.29, 1.82) is 0 Å². The Morgan fingerprint density at radius 2 is 2.19 bits per heavy atom. The predicted octanol–water partition coefficient (Wildman–Crippen LogP) is 2.32. The lowest BCUT2D eigenvalue weighted by molar-refractivity contribution is 0.00212. The van der Waals surface area contributed by atoms with Gasteiger partial charge in [0.1, 0.15) is 5.69 Å². The molecular formula is C24H29N5O2. The molecule has 1 spiro atoms. The normalized spacial score (nSPS) is 29.7. The van der Waals surface area contributed by atoms with Crippen molar-refractivity contribution in [1.82, 2.24) is 24.6 Å². The molecule has 6 rings (SSSR count). The lowest BCUT2D eigenvalue weighted by Gasteiger charge is -2.29. The monoisotopic (exact) mass is 419 g/mol. The van der Waals surface area contributed by atoms with E-state index in [-0.39, 0.29) is 17.6 Å². The minimum absolute atomic E-state index is 0.000682. The quantitative estimate of drug-likeness (QED) is 0.689. The van der Waals surface area contributed by atoms with Crippen LogP contribution in [0.2, 0.25) is 0 Å². The number of aromatic nitrogens is 3. The topological polar surface area (TPSA) is 64.3 Å². The first-order valence-electron chi connectivity index (χ1n) is 11.2. The largest absolute Gasteiger partial charge is 0.370 e. The maximum Gasteiger partial charge on any atom is 0.267 e. The summed E-state index contributed by atoms with van der Waals surface area (Å²) < 4.78 is 10.4. The Hall–Kier alpha value is -2.64. The second-order valence-corrected chi connectivity index (χ2v) is 9.58. The van der Waals surface area contributed by atoms with Crippen LogP contribution in [0.15, 0.2) is 42.7 Å². The number of para-hydroxylation sites is 1. The Balaban J connectivity index is 1.15. The molecule has 3 fully saturated rings. The van der Waals surface area contributed by atoms with Gasteiger partial charge in [-0.2, -0.15) is 5.10 Å². The lowest BCUT2D eigenvalue weighted by Crippen LogP contribution is -2.42. The summed E-state index contributed by atoms with van der Waals surface area (Å²) in [6, 6.07) is 10.1. The van der Waals surface area contributed by atoms with Gasteiger partial charge in [-0.05, 0) is 25.0 Å². The first-order valence-corrected chi connectivity index (χ1v) is 11.2. The lowest BCUT2D eigenvalue weighted by atomic mass is 9.73. The number of rotatable bonds is 5. The van der Waals surface area contributed by atoms with E-state index in [2.05, 4.69) is 33.6 Å². The van der Waals surface area contributed by atoms with Crippen molar-refractivity contribution < 1.29 is 9.53 Å². The molecule has 5 heterocycles. The molecule has 162 valence electrons. The van der Waals surface area contributed by atoms with Crippen molar-refractivity contribution in [2.75, 3.05) is 19.6 Å². The van der Waals surface area contributed by atoms with Gasteiger partial charge in [0, 0.05) is 74.8 Å². The molecule has 0 saturated carbocycles. The summed E-state index contributed by atoms with van der Waals surface area (Å²) in [5.41, 5.74) is 3.01. The van der Waals surface area contributed by atoms with Gasteiger partial charge in [0.05, 0.1) is 17.9 Å². The number of hydrogen-bond donors (Lipinski definition) is 1. The second kappa shape index (κ2) is 6.93. The molecule has 2 aromatic heterocycles. The maximum absolute atomic E-state index is 13.0. The van der Waals surface area contributed by atoms with Crippen LogP contribution in [0.1, 0.15) is 28.9 Å². The number of nitrogens with zero attached hydrogens (tertiary/aromatic N) is 4. The third kappa shape index (κ3) is 3.02. The van der Waals surface area contributed by atoms with Crippen molar-refractivity contribution in [3.05, 3.63) is 54.0 Å². The minimum atomic E-state index is -0.0259. The number of fused-ring (bicyclic) bond motifs is 2. The first-order chi connectivity index (χ1) is 15.0. The molecule has 3 aromatic rings. The Labute approximate surface area is 182 Å². The molecule has 7 heteroatoms. The van der Waals surface area contributed by atoms with Gasteiger partial charge in [-0.1, -0.05) is 18.2 Å². The summed E-state index contributed by atoms with van der Waals surface area (Å²) in [4.78, 5) is 15.5. The molecule has 4 atom stereocenters. The van der Waals surface area contributed by atoms with E-state index in [1.54, 1.807) is 0 Å². The molecular weight excluding hydrogens is 390 g/mol. The average Bonchev–Trinajstić information content (AvgIpc) is 3.54. The number of hydrogen-bond acceptors (Lipinski definition) is 4. The Morgan fingerprint density at radius 3 is 3.00 bits per heavy atom. The van der Waals surface area contributed by atoms with Crippen LogP contribution < -0.4 is 5.32 Å². The maximum atomic E-state index is 13.0. The van der Waals surface area contributed by atoms with Crippen LogP contribution in [0, 0.1) is 11.8 Å². The molecule has 7 nitrogen and oxygen atoms in total. The van der Waals surface area contributed by atoms with Gasteiger partial charge in [-0.25, -0.2) is 0 Å². The predicted molar refractivity (Wildman–Crippen MR) is 118 cm³/mol. The molecule has 2 bridgehead atoms. The van der Waals surface area contributed by atoms with Crippen LogP contribution in [0.3, 0.4) is 0 Å². The van der Waals surface area contributed by atoms with Gasteiger partial charge in [0.2, 0.25) is 0 Å². The van der Waals surface area contributed by atoms with Crippen LogP contribution >= 0.6 is 0 Å². The SMILES string of the molecule is Cn1cc(CN2C[C@@H]3[C@H](CNC(=O)c4cc5ccccc5n4C)[C@H]4CC[C@]3(C2)O4)cn1. The van der Waals surface area contributed by atoms with Crippen molar-refractivity contribution >= 4 is 16.8 Å². The first kappa shape index (κ1) is 19.1. The number of carbonyl (C=O) groups excluding carboxylic acids is 1. The van der Waals surface area contributed by atoms with Gasteiger partial charge < -0.3 is 14.6 Å². The fourth-order valence-corrected chi connectivity index (χ4v) is 6.30.